The van der Waals surface area contributed by atoms with Crippen molar-refractivity contribution in [2.24, 2.45) is 4.99 Å². The fourth-order valence-electron chi connectivity index (χ4n) is 1.83. The molecule has 0 amide bonds. The zero-order chi connectivity index (χ0) is 17.3. The van der Waals surface area contributed by atoms with Gasteiger partial charge in [0.25, 0.3) is 0 Å². The average molecular weight is 349 g/mol. The van der Waals surface area contributed by atoms with E-state index in [1.165, 1.54) is 12.1 Å². The molecule has 0 radical (unpaired) electrons. The van der Waals surface area contributed by atoms with E-state index < -0.39 is 25.2 Å². The minimum Gasteiger partial charge on any atom is -0.862 e. The molecule has 0 aromatic heterocycles. The van der Waals surface area contributed by atoms with Crippen LogP contribution in [0.3, 0.4) is 0 Å². The predicted molar refractivity (Wildman–Crippen MR) is 84.5 cm³/mol. The zero-order valence-corrected chi connectivity index (χ0v) is 14.8. The van der Waals surface area contributed by atoms with Crippen LogP contribution >= 0.6 is 7.60 Å². The third-order valence-corrected chi connectivity index (χ3v) is 4.62. The van der Waals surface area contributed by atoms with Crippen LogP contribution in [0.25, 0.3) is 0 Å². The number of nitrogens with zero attached hydrogens (tertiary/aromatic N) is 1. The number of benzene rings is 1. The summed E-state index contributed by atoms with van der Waals surface area (Å²) in [6.45, 7) is 1.91. The maximum Gasteiger partial charge on any atom is 1.00 e. The third kappa shape index (κ3) is 8.56. The van der Waals surface area contributed by atoms with Crippen LogP contribution in [0.1, 0.15) is 39.0 Å². The largest absolute Gasteiger partial charge is 1.00 e. The predicted octanol–water partition coefficient (Wildman–Crippen LogP) is -0.605. The van der Waals surface area contributed by atoms with Gasteiger partial charge < -0.3 is 19.6 Å². The van der Waals surface area contributed by atoms with Crippen LogP contribution in [0.15, 0.2) is 35.3 Å². The van der Waals surface area contributed by atoms with Gasteiger partial charge in [-0.2, -0.15) is 0 Å². The van der Waals surface area contributed by atoms with Gasteiger partial charge in [-0.15, -0.1) is 0 Å². The average Bonchev–Trinajstić information content (AvgIpc) is 2.49. The van der Waals surface area contributed by atoms with E-state index >= 15 is 0 Å². The Morgan fingerprint density at radius 1 is 1.33 bits per heavy atom. The molecule has 2 N–H and O–H groups in total. The molecule has 0 aliphatic heterocycles. The van der Waals surface area contributed by atoms with Crippen LogP contribution in [0.4, 0.5) is 0 Å². The van der Waals surface area contributed by atoms with Crippen LogP contribution in [0.2, 0.25) is 0 Å². The van der Waals surface area contributed by atoms with Crippen LogP contribution in [0.5, 0.6) is 5.75 Å². The van der Waals surface area contributed by atoms with Crippen molar-refractivity contribution in [1.82, 2.24) is 0 Å². The van der Waals surface area contributed by atoms with Gasteiger partial charge in [0.1, 0.15) is 5.75 Å². The molecule has 128 valence electrons. The first-order chi connectivity index (χ1) is 10.8. The van der Waals surface area contributed by atoms with E-state index in [0.717, 1.165) is 6.42 Å². The number of unbranched alkanes of at least 4 members (excludes halogenated alkanes) is 1. The van der Waals surface area contributed by atoms with Crippen LogP contribution in [-0.4, -0.2) is 27.6 Å². The Bertz CT molecular complexity index is 581. The molecule has 9 heteroatoms. The molecular weight excluding hydrogens is 328 g/mol. The number of aliphatic carboxylic acids is 1. The molecular formula is C15H21LiNO6P. The second-order valence-electron chi connectivity index (χ2n) is 5.01. The van der Waals surface area contributed by atoms with Gasteiger partial charge in [0, 0.05) is 6.42 Å². The molecule has 0 fully saturated rings. The Kier molecular flexibility index (Phi) is 10.7. The molecule has 7 nitrogen and oxygen atoms in total. The van der Waals surface area contributed by atoms with E-state index in [2.05, 4.69) is 4.99 Å². The standard InChI is InChI=1S/C15H22NO6P.Li/c1-2-3-9-14(16-13(17)10-11-15(18)19)23(20,21)22-12-7-5-4-6-8-12;/h4-8,14H,2-3,9-11H2,1H3,(H,16,17)(H,18,19)(H,20,21);/q;+1/p-1. The molecule has 0 saturated carbocycles. The van der Waals surface area contributed by atoms with E-state index in [-0.39, 0.29) is 43.9 Å². The summed E-state index contributed by atoms with van der Waals surface area (Å²) in [6.07, 6.45) is 0.918. The minimum atomic E-state index is -4.19. The fourth-order valence-corrected chi connectivity index (χ4v) is 3.15. The molecule has 0 saturated heterocycles. The van der Waals surface area contributed by atoms with Crippen molar-refractivity contribution >= 4 is 19.5 Å². The quantitative estimate of drug-likeness (QED) is 0.252. The Morgan fingerprint density at radius 3 is 2.50 bits per heavy atom. The summed E-state index contributed by atoms with van der Waals surface area (Å²) in [5.74, 6) is -2.80. The van der Waals surface area contributed by atoms with E-state index in [1.54, 1.807) is 18.2 Å². The van der Waals surface area contributed by atoms with Crippen LogP contribution < -0.4 is 28.5 Å². The smallest absolute Gasteiger partial charge is 0.862 e. The van der Waals surface area contributed by atoms with Crippen molar-refractivity contribution in [3.63, 3.8) is 0 Å². The van der Waals surface area contributed by atoms with Gasteiger partial charge >= 0.3 is 32.4 Å². The van der Waals surface area contributed by atoms with E-state index in [1.807, 2.05) is 6.92 Å². The molecule has 0 spiro atoms. The first-order valence-electron chi connectivity index (χ1n) is 7.37. The van der Waals surface area contributed by atoms with E-state index in [4.69, 9.17) is 9.63 Å². The van der Waals surface area contributed by atoms with Gasteiger partial charge in [0.15, 0.2) is 5.78 Å². The SMILES string of the molecule is CCCCC(N=C([O-])CCC(=O)O)P(=O)(O)Oc1ccccc1.[Li+]. The number of para-hydroxylation sites is 1. The van der Waals surface area contributed by atoms with Gasteiger partial charge in [-0.3, -0.25) is 9.79 Å². The topological polar surface area (TPSA) is 119 Å². The Hall–Kier alpha value is -1.25. The van der Waals surface area contributed by atoms with Gasteiger partial charge in [-0.1, -0.05) is 38.0 Å². The molecule has 0 bridgehead atoms. The molecule has 0 heterocycles. The monoisotopic (exact) mass is 349 g/mol. The maximum atomic E-state index is 12.4. The summed E-state index contributed by atoms with van der Waals surface area (Å²) in [5.41, 5.74) is 0. The number of carbonyl (C=O) groups is 1. The number of carboxylic acid groups (broad SMARTS) is 1. The molecule has 24 heavy (non-hydrogen) atoms. The molecule has 1 rings (SSSR count). The number of hydrogen-bond acceptors (Lipinski definition) is 5. The van der Waals surface area contributed by atoms with Gasteiger partial charge in [-0.05, 0) is 30.9 Å². The van der Waals surface area contributed by atoms with Gasteiger partial charge in [0.05, 0.1) is 0 Å². The first-order valence-corrected chi connectivity index (χ1v) is 9.02. The number of aliphatic imine (C=N–C) groups is 1. The fraction of sp³-hybridized carbons (Fsp3) is 0.467. The molecule has 1 aromatic carbocycles. The number of hydrogen-bond donors (Lipinski definition) is 2. The van der Waals surface area contributed by atoms with Crippen molar-refractivity contribution in [3.8, 4) is 5.75 Å². The maximum absolute atomic E-state index is 12.4. The van der Waals surface area contributed by atoms with E-state index in [9.17, 15) is 19.4 Å². The van der Waals surface area contributed by atoms with Crippen molar-refractivity contribution in [1.29, 1.82) is 0 Å². The summed E-state index contributed by atoms with van der Waals surface area (Å²) in [6, 6.07) is 8.12. The molecule has 0 aliphatic carbocycles. The zero-order valence-electron chi connectivity index (χ0n) is 13.9. The number of rotatable bonds is 10. The van der Waals surface area contributed by atoms with Crippen LogP contribution in [0, 0.1) is 0 Å². The summed E-state index contributed by atoms with van der Waals surface area (Å²) in [5, 5.41) is 20.3. The normalized spacial score (nSPS) is 15.0. The Balaban J connectivity index is 0.00000529. The second-order valence-corrected chi connectivity index (χ2v) is 6.91. The molecule has 2 atom stereocenters. The van der Waals surface area contributed by atoms with Gasteiger partial charge in [-0.25, -0.2) is 4.57 Å². The molecule has 0 aliphatic rings. The van der Waals surface area contributed by atoms with Crippen molar-refractivity contribution in [2.75, 3.05) is 0 Å². The third-order valence-electron chi connectivity index (χ3n) is 3.02. The van der Waals surface area contributed by atoms with Crippen molar-refractivity contribution in [3.05, 3.63) is 30.3 Å². The molecule has 1 aromatic rings. The summed E-state index contributed by atoms with van der Waals surface area (Å²) in [4.78, 5) is 24.3. The van der Waals surface area contributed by atoms with E-state index in [0.29, 0.717) is 6.42 Å². The number of carboxylic acids is 1. The second kappa shape index (κ2) is 11.3. The van der Waals surface area contributed by atoms with Gasteiger partial charge in [0.2, 0.25) is 0 Å². The summed E-state index contributed by atoms with van der Waals surface area (Å²) in [7, 11) is -4.19. The Labute approximate surface area is 153 Å². The summed E-state index contributed by atoms with van der Waals surface area (Å²) < 4.78 is 17.6. The van der Waals surface area contributed by atoms with Crippen LogP contribution in [-0.2, 0) is 9.36 Å². The molecule has 2 unspecified atom stereocenters. The summed E-state index contributed by atoms with van der Waals surface area (Å²) >= 11 is 0. The minimum absolute atomic E-state index is 0. The van der Waals surface area contributed by atoms with Crippen molar-refractivity contribution < 1.29 is 47.9 Å². The van der Waals surface area contributed by atoms with Crippen molar-refractivity contribution in [2.45, 2.75) is 44.8 Å². The Morgan fingerprint density at radius 2 is 1.96 bits per heavy atom. The first kappa shape index (κ1) is 22.7.